The van der Waals surface area contributed by atoms with E-state index in [0.29, 0.717) is 26.1 Å². The number of aliphatic carboxylic acids is 2. The number of unbranched alkanes of at least 4 members (excludes halogenated alkanes) is 2. The Hall–Kier alpha value is 0.341. The molecule has 0 rings (SSSR count). The number of carboxylic acid groups (broad SMARTS) is 2. The number of carbonyl (C=O) groups is 2. The second-order valence-corrected chi connectivity index (χ2v) is 4.81. The molecule has 2 unspecified atom stereocenters. The summed E-state index contributed by atoms with van der Waals surface area (Å²) in [6.45, 7) is 8.45. The molecule has 0 bridgehead atoms. The van der Waals surface area contributed by atoms with Gasteiger partial charge >= 0.3 is 45.5 Å². The van der Waals surface area contributed by atoms with Gasteiger partial charge in [-0.3, -0.25) is 0 Å². The fraction of sp³-hybridized carbons (Fsp3) is 0.875. The summed E-state index contributed by atoms with van der Waals surface area (Å²) in [6.07, 6.45) is 3.42. The van der Waals surface area contributed by atoms with Gasteiger partial charge in [-0.05, 0) is 26.7 Å². The molecule has 7 heteroatoms. The van der Waals surface area contributed by atoms with Crippen molar-refractivity contribution in [3.05, 3.63) is 0 Å². The predicted octanol–water partition coefficient (Wildman–Crippen LogP) is 0.282. The molecular formula is C16H30O6Sr. The summed E-state index contributed by atoms with van der Waals surface area (Å²) in [5.41, 5.74) is 0. The average molecular weight is 406 g/mol. The Kier molecular flexibility index (Phi) is 25.0. The Labute approximate surface area is 177 Å². The van der Waals surface area contributed by atoms with Crippen LogP contribution in [0.25, 0.3) is 0 Å². The SMILES string of the molecule is CCCCC(OCC)C(=O)[O-].CCCCC(OCC)C(=O)[O-].[Sr+2]. The first-order chi connectivity index (χ1) is 10.4. The molecule has 0 aliphatic heterocycles. The van der Waals surface area contributed by atoms with Crippen molar-refractivity contribution in [1.82, 2.24) is 0 Å². The van der Waals surface area contributed by atoms with Gasteiger partial charge in [-0.1, -0.05) is 39.5 Å². The van der Waals surface area contributed by atoms with Crippen LogP contribution in [0.4, 0.5) is 0 Å². The number of ether oxygens (including phenoxy) is 2. The maximum absolute atomic E-state index is 10.4. The van der Waals surface area contributed by atoms with Crippen molar-refractivity contribution in [1.29, 1.82) is 0 Å². The van der Waals surface area contributed by atoms with Gasteiger partial charge in [0.05, 0.1) is 24.1 Å². The second-order valence-electron chi connectivity index (χ2n) is 4.81. The van der Waals surface area contributed by atoms with Crippen molar-refractivity contribution in [3.63, 3.8) is 0 Å². The second kappa shape index (κ2) is 20.4. The van der Waals surface area contributed by atoms with Gasteiger partial charge in [0.1, 0.15) is 0 Å². The molecule has 0 heterocycles. The van der Waals surface area contributed by atoms with Crippen LogP contribution in [-0.2, 0) is 19.1 Å². The average Bonchev–Trinajstić information content (AvgIpc) is 2.48. The van der Waals surface area contributed by atoms with Crippen LogP contribution in [0.1, 0.15) is 66.2 Å². The topological polar surface area (TPSA) is 98.7 Å². The molecule has 0 amide bonds. The van der Waals surface area contributed by atoms with Gasteiger partial charge in [-0.15, -0.1) is 0 Å². The minimum absolute atomic E-state index is 0. The normalized spacial score (nSPS) is 12.3. The predicted molar refractivity (Wildman–Crippen MR) is 85.6 cm³/mol. The van der Waals surface area contributed by atoms with E-state index in [4.69, 9.17) is 9.47 Å². The molecule has 0 aromatic rings. The van der Waals surface area contributed by atoms with Crippen LogP contribution in [0.15, 0.2) is 0 Å². The number of carboxylic acids is 2. The first kappa shape index (κ1) is 28.2. The van der Waals surface area contributed by atoms with Crippen LogP contribution >= 0.6 is 0 Å². The van der Waals surface area contributed by atoms with Gasteiger partial charge in [0.2, 0.25) is 0 Å². The Morgan fingerprint density at radius 2 is 1.09 bits per heavy atom. The van der Waals surface area contributed by atoms with Gasteiger partial charge < -0.3 is 29.3 Å². The van der Waals surface area contributed by atoms with E-state index in [1.54, 1.807) is 13.8 Å². The largest absolute Gasteiger partial charge is 2.00 e. The maximum Gasteiger partial charge on any atom is 2.00 e. The molecule has 0 aliphatic rings. The van der Waals surface area contributed by atoms with Crippen molar-refractivity contribution in [2.45, 2.75) is 78.4 Å². The maximum atomic E-state index is 10.4. The van der Waals surface area contributed by atoms with Crippen LogP contribution in [0, 0.1) is 0 Å². The summed E-state index contributed by atoms with van der Waals surface area (Å²) in [5, 5.41) is 20.7. The summed E-state index contributed by atoms with van der Waals surface area (Å²) in [7, 11) is 0. The van der Waals surface area contributed by atoms with E-state index in [1.165, 1.54) is 0 Å². The first-order valence-corrected chi connectivity index (χ1v) is 8.09. The molecule has 2 atom stereocenters. The monoisotopic (exact) mass is 406 g/mol. The van der Waals surface area contributed by atoms with E-state index >= 15 is 0 Å². The van der Waals surface area contributed by atoms with Gasteiger partial charge in [0.25, 0.3) is 0 Å². The van der Waals surface area contributed by atoms with Crippen molar-refractivity contribution in [3.8, 4) is 0 Å². The van der Waals surface area contributed by atoms with E-state index in [-0.39, 0.29) is 45.5 Å². The minimum Gasteiger partial charge on any atom is -0.547 e. The molecule has 23 heavy (non-hydrogen) atoms. The van der Waals surface area contributed by atoms with Crippen molar-refractivity contribution in [2.24, 2.45) is 0 Å². The fourth-order valence-electron chi connectivity index (χ4n) is 1.72. The molecule has 0 saturated heterocycles. The van der Waals surface area contributed by atoms with Crippen LogP contribution < -0.4 is 10.2 Å². The molecule has 0 aliphatic carbocycles. The summed E-state index contributed by atoms with van der Waals surface area (Å²) in [6, 6.07) is 0. The van der Waals surface area contributed by atoms with Crippen molar-refractivity contribution in [2.75, 3.05) is 13.2 Å². The van der Waals surface area contributed by atoms with E-state index in [2.05, 4.69) is 0 Å². The zero-order chi connectivity index (χ0) is 17.4. The molecule has 0 aromatic heterocycles. The molecule has 0 fully saturated rings. The third-order valence-electron chi connectivity index (χ3n) is 2.90. The number of hydrogen-bond acceptors (Lipinski definition) is 6. The summed E-state index contributed by atoms with van der Waals surface area (Å²) >= 11 is 0. The number of hydrogen-bond donors (Lipinski definition) is 0. The zero-order valence-electron chi connectivity index (χ0n) is 15.0. The molecule has 0 aromatic carbocycles. The Bertz CT molecular complexity index is 258. The first-order valence-electron chi connectivity index (χ1n) is 8.09. The van der Waals surface area contributed by atoms with Crippen molar-refractivity contribution < 1.29 is 29.3 Å². The molecule has 0 saturated carbocycles. The molecule has 132 valence electrons. The standard InChI is InChI=1S/2C8H16O3.Sr/c2*1-3-5-6-7(8(9)10)11-4-2;/h2*7H,3-6H2,1-2H3,(H,9,10);/q;;+2/p-2. The van der Waals surface area contributed by atoms with E-state index in [1.807, 2.05) is 13.8 Å². The fourth-order valence-corrected chi connectivity index (χ4v) is 1.72. The Balaban J connectivity index is -0.000000333. The van der Waals surface area contributed by atoms with E-state index in [9.17, 15) is 19.8 Å². The van der Waals surface area contributed by atoms with Gasteiger partial charge in [0.15, 0.2) is 0 Å². The van der Waals surface area contributed by atoms with E-state index < -0.39 is 24.1 Å². The molecule has 0 radical (unpaired) electrons. The van der Waals surface area contributed by atoms with Crippen LogP contribution in [0.5, 0.6) is 0 Å². The Morgan fingerprint density at radius 3 is 1.26 bits per heavy atom. The minimum atomic E-state index is -1.10. The molecule has 0 spiro atoms. The third-order valence-corrected chi connectivity index (χ3v) is 2.90. The summed E-state index contributed by atoms with van der Waals surface area (Å²) < 4.78 is 9.89. The smallest absolute Gasteiger partial charge is 0.547 e. The summed E-state index contributed by atoms with van der Waals surface area (Å²) in [5.74, 6) is -2.19. The van der Waals surface area contributed by atoms with Gasteiger partial charge in [0, 0.05) is 13.2 Å². The third kappa shape index (κ3) is 18.5. The number of rotatable bonds is 12. The van der Waals surface area contributed by atoms with Gasteiger partial charge in [-0.25, -0.2) is 0 Å². The van der Waals surface area contributed by atoms with Gasteiger partial charge in [-0.2, -0.15) is 0 Å². The number of carbonyl (C=O) groups excluding carboxylic acids is 2. The summed E-state index contributed by atoms with van der Waals surface area (Å²) in [4.78, 5) is 20.7. The molecule has 6 nitrogen and oxygen atoms in total. The zero-order valence-corrected chi connectivity index (χ0v) is 18.4. The van der Waals surface area contributed by atoms with Crippen LogP contribution in [-0.4, -0.2) is 82.8 Å². The molecular weight excluding hydrogens is 376 g/mol. The molecule has 0 N–H and O–H groups in total. The Morgan fingerprint density at radius 1 is 0.783 bits per heavy atom. The quantitative estimate of drug-likeness (QED) is 0.432. The van der Waals surface area contributed by atoms with Crippen molar-refractivity contribution >= 4 is 57.4 Å². The van der Waals surface area contributed by atoms with Crippen LogP contribution in [0.2, 0.25) is 0 Å². The van der Waals surface area contributed by atoms with E-state index in [0.717, 1.165) is 25.7 Å². The van der Waals surface area contributed by atoms with Crippen LogP contribution in [0.3, 0.4) is 0 Å².